The Morgan fingerprint density at radius 2 is 1.69 bits per heavy atom. The minimum absolute atomic E-state index is 0.00231. The first-order valence-corrected chi connectivity index (χ1v) is 5.48. The van der Waals surface area contributed by atoms with E-state index in [0.29, 0.717) is 6.42 Å². The summed E-state index contributed by atoms with van der Waals surface area (Å²) < 4.78 is 5.63. The lowest BCUT2D eigenvalue weighted by atomic mass is 9.65. The average Bonchev–Trinajstić information content (AvgIpc) is 2.54. The normalized spacial score (nSPS) is 48.5. The summed E-state index contributed by atoms with van der Waals surface area (Å²) in [6.45, 7) is 0. The van der Waals surface area contributed by atoms with E-state index in [1.54, 1.807) is 0 Å². The SMILES string of the molecule is O=C1CC23CCCCC2(CCC3)O1. The van der Waals surface area contributed by atoms with E-state index in [1.807, 2.05) is 0 Å². The van der Waals surface area contributed by atoms with E-state index in [4.69, 9.17) is 4.74 Å². The number of carbonyl (C=O) groups excluding carboxylic acids is 1. The highest BCUT2D eigenvalue weighted by Crippen LogP contribution is 2.62. The van der Waals surface area contributed by atoms with Gasteiger partial charge in [0, 0.05) is 5.41 Å². The van der Waals surface area contributed by atoms with Crippen LogP contribution in [-0.2, 0) is 9.53 Å². The number of esters is 1. The van der Waals surface area contributed by atoms with Gasteiger partial charge in [0.05, 0.1) is 6.42 Å². The van der Waals surface area contributed by atoms with Crippen LogP contribution in [0.25, 0.3) is 0 Å². The first kappa shape index (κ1) is 7.84. The van der Waals surface area contributed by atoms with Gasteiger partial charge in [-0.15, -0.1) is 0 Å². The summed E-state index contributed by atoms with van der Waals surface area (Å²) >= 11 is 0. The van der Waals surface area contributed by atoms with Crippen LogP contribution in [0.5, 0.6) is 0 Å². The first-order valence-electron chi connectivity index (χ1n) is 5.48. The second kappa shape index (κ2) is 2.28. The Balaban J connectivity index is 2.03. The second-order valence-corrected chi connectivity index (χ2v) is 4.99. The fourth-order valence-corrected chi connectivity index (χ4v) is 3.90. The summed E-state index contributed by atoms with van der Waals surface area (Å²) in [6.07, 6.45) is 9.29. The standard InChI is InChI=1S/C11H16O2/c12-9-8-10-4-1-2-6-11(10,13-9)7-3-5-10/h1-8H2. The summed E-state index contributed by atoms with van der Waals surface area (Å²) in [4.78, 5) is 11.4. The van der Waals surface area contributed by atoms with Crippen molar-refractivity contribution < 1.29 is 9.53 Å². The Labute approximate surface area is 78.6 Å². The molecule has 0 amide bonds. The number of ether oxygens (including phenoxy) is 1. The highest BCUT2D eigenvalue weighted by Gasteiger charge is 2.63. The minimum Gasteiger partial charge on any atom is -0.458 e. The second-order valence-electron chi connectivity index (χ2n) is 4.99. The van der Waals surface area contributed by atoms with Crippen LogP contribution < -0.4 is 0 Å². The highest BCUT2D eigenvalue weighted by molar-refractivity contribution is 5.74. The molecule has 0 N–H and O–H groups in total. The maximum Gasteiger partial charge on any atom is 0.307 e. The first-order chi connectivity index (χ1) is 6.27. The van der Waals surface area contributed by atoms with Crippen LogP contribution in [0.2, 0.25) is 0 Å². The van der Waals surface area contributed by atoms with Gasteiger partial charge in [-0.2, -0.15) is 0 Å². The van der Waals surface area contributed by atoms with Gasteiger partial charge in [-0.05, 0) is 38.5 Å². The zero-order chi connectivity index (χ0) is 8.94. The van der Waals surface area contributed by atoms with Crippen molar-refractivity contribution in [1.82, 2.24) is 0 Å². The topological polar surface area (TPSA) is 26.3 Å². The van der Waals surface area contributed by atoms with E-state index in [-0.39, 0.29) is 17.0 Å². The Hall–Kier alpha value is -0.530. The largest absolute Gasteiger partial charge is 0.458 e. The molecule has 2 aliphatic carbocycles. The zero-order valence-electron chi connectivity index (χ0n) is 7.97. The van der Waals surface area contributed by atoms with Crippen molar-refractivity contribution in [1.29, 1.82) is 0 Å². The molecule has 0 aromatic rings. The molecule has 0 aromatic heterocycles. The lowest BCUT2D eigenvalue weighted by molar-refractivity contribution is -0.152. The van der Waals surface area contributed by atoms with E-state index in [0.717, 1.165) is 12.8 Å². The molecule has 3 aliphatic rings. The van der Waals surface area contributed by atoms with Crippen LogP contribution in [0.4, 0.5) is 0 Å². The van der Waals surface area contributed by atoms with Gasteiger partial charge in [-0.3, -0.25) is 4.79 Å². The van der Waals surface area contributed by atoms with Crippen molar-refractivity contribution in [3.8, 4) is 0 Å². The van der Waals surface area contributed by atoms with Gasteiger partial charge in [0.25, 0.3) is 0 Å². The van der Waals surface area contributed by atoms with Gasteiger partial charge in [-0.1, -0.05) is 6.42 Å². The molecule has 2 nitrogen and oxygen atoms in total. The van der Waals surface area contributed by atoms with Crippen LogP contribution >= 0.6 is 0 Å². The molecule has 72 valence electrons. The van der Waals surface area contributed by atoms with Gasteiger partial charge in [-0.25, -0.2) is 0 Å². The summed E-state index contributed by atoms with van der Waals surface area (Å²) in [6, 6.07) is 0. The summed E-state index contributed by atoms with van der Waals surface area (Å²) in [7, 11) is 0. The molecule has 0 bridgehead atoms. The Morgan fingerprint density at radius 1 is 1.00 bits per heavy atom. The summed E-state index contributed by atoms with van der Waals surface area (Å²) in [5.41, 5.74) is 0.282. The maximum absolute atomic E-state index is 11.4. The van der Waals surface area contributed by atoms with Gasteiger partial charge in [0.15, 0.2) is 0 Å². The molecule has 1 saturated heterocycles. The predicted octanol–water partition coefficient (Wildman–Crippen LogP) is 2.42. The molecule has 3 rings (SSSR count). The maximum atomic E-state index is 11.4. The van der Waals surface area contributed by atoms with Gasteiger partial charge < -0.3 is 4.74 Å². The van der Waals surface area contributed by atoms with E-state index >= 15 is 0 Å². The summed E-state index contributed by atoms with van der Waals surface area (Å²) in [5, 5.41) is 0. The predicted molar refractivity (Wildman–Crippen MR) is 48.2 cm³/mol. The van der Waals surface area contributed by atoms with Crippen LogP contribution in [0.3, 0.4) is 0 Å². The summed E-state index contributed by atoms with van der Waals surface area (Å²) in [5.74, 6) is 0.0709. The fourth-order valence-electron chi connectivity index (χ4n) is 3.90. The van der Waals surface area contributed by atoms with Crippen LogP contribution in [0, 0.1) is 5.41 Å². The lowest BCUT2D eigenvalue weighted by Crippen LogP contribution is -2.43. The van der Waals surface area contributed by atoms with Crippen LogP contribution in [-0.4, -0.2) is 11.6 Å². The quantitative estimate of drug-likeness (QED) is 0.535. The lowest BCUT2D eigenvalue weighted by Gasteiger charge is -2.41. The zero-order valence-corrected chi connectivity index (χ0v) is 7.97. The molecular formula is C11H16O2. The van der Waals surface area contributed by atoms with Gasteiger partial charge >= 0.3 is 5.97 Å². The fraction of sp³-hybridized carbons (Fsp3) is 0.909. The van der Waals surface area contributed by atoms with Crippen molar-refractivity contribution in [2.24, 2.45) is 5.41 Å². The number of carbonyl (C=O) groups is 1. The van der Waals surface area contributed by atoms with E-state index in [1.165, 1.54) is 32.1 Å². The van der Waals surface area contributed by atoms with Crippen molar-refractivity contribution in [3.05, 3.63) is 0 Å². The van der Waals surface area contributed by atoms with E-state index in [9.17, 15) is 4.79 Å². The van der Waals surface area contributed by atoms with Crippen molar-refractivity contribution in [2.45, 2.75) is 57.0 Å². The third-order valence-corrected chi connectivity index (χ3v) is 4.48. The van der Waals surface area contributed by atoms with Gasteiger partial charge in [0.1, 0.15) is 5.60 Å². The molecule has 0 aromatic carbocycles. The van der Waals surface area contributed by atoms with Crippen LogP contribution in [0.15, 0.2) is 0 Å². The minimum atomic E-state index is 0.00231. The van der Waals surface area contributed by atoms with Crippen molar-refractivity contribution in [3.63, 3.8) is 0 Å². The third kappa shape index (κ3) is 0.818. The van der Waals surface area contributed by atoms with Crippen LogP contribution in [0.1, 0.15) is 51.4 Å². The number of hydrogen-bond donors (Lipinski definition) is 0. The van der Waals surface area contributed by atoms with Gasteiger partial charge in [0.2, 0.25) is 0 Å². The highest BCUT2D eigenvalue weighted by atomic mass is 16.6. The molecule has 2 saturated carbocycles. The molecule has 3 fully saturated rings. The third-order valence-electron chi connectivity index (χ3n) is 4.48. The Kier molecular flexibility index (Phi) is 1.38. The Morgan fingerprint density at radius 3 is 2.54 bits per heavy atom. The molecule has 2 atom stereocenters. The molecular weight excluding hydrogens is 164 g/mol. The molecule has 2 unspecified atom stereocenters. The van der Waals surface area contributed by atoms with Crippen molar-refractivity contribution in [2.75, 3.05) is 0 Å². The molecule has 1 heterocycles. The van der Waals surface area contributed by atoms with E-state index in [2.05, 4.69) is 0 Å². The average molecular weight is 180 g/mol. The molecule has 13 heavy (non-hydrogen) atoms. The van der Waals surface area contributed by atoms with E-state index < -0.39 is 0 Å². The molecule has 0 radical (unpaired) electrons. The smallest absolute Gasteiger partial charge is 0.307 e. The molecule has 1 aliphatic heterocycles. The van der Waals surface area contributed by atoms with Crippen molar-refractivity contribution >= 4 is 5.97 Å². The number of hydrogen-bond acceptors (Lipinski definition) is 2. The monoisotopic (exact) mass is 180 g/mol. The molecule has 2 heteroatoms. The number of rotatable bonds is 0. The molecule has 0 spiro atoms. The Bertz CT molecular complexity index is 237.